The van der Waals surface area contributed by atoms with E-state index in [1.54, 1.807) is 14.2 Å². The lowest BCUT2D eigenvalue weighted by Crippen LogP contribution is -2.38. The zero-order valence-electron chi connectivity index (χ0n) is 17.8. The van der Waals surface area contributed by atoms with Crippen LogP contribution in [0.25, 0.3) is 0 Å². The first-order chi connectivity index (χ1) is 13.7. The molecule has 0 unspecified atom stereocenters. The Morgan fingerprint density at radius 3 is 2.24 bits per heavy atom. The summed E-state index contributed by atoms with van der Waals surface area (Å²) in [5.41, 5.74) is 3.47. The first kappa shape index (κ1) is 25.0. The summed E-state index contributed by atoms with van der Waals surface area (Å²) in [6.45, 7) is 5.81. The van der Waals surface area contributed by atoms with Gasteiger partial charge in [0.2, 0.25) is 0 Å². The van der Waals surface area contributed by atoms with Crippen molar-refractivity contribution in [1.82, 2.24) is 10.2 Å². The van der Waals surface area contributed by atoms with E-state index >= 15 is 0 Å². The van der Waals surface area contributed by atoms with E-state index in [1.807, 2.05) is 12.1 Å². The normalized spacial score (nSPS) is 10.8. The van der Waals surface area contributed by atoms with E-state index in [0.717, 1.165) is 37.0 Å². The van der Waals surface area contributed by atoms with Crippen LogP contribution in [0.2, 0.25) is 0 Å². The van der Waals surface area contributed by atoms with Gasteiger partial charge in [0.1, 0.15) is 5.75 Å². The number of nitrogens with zero attached hydrogens (tertiary/aromatic N) is 2. The van der Waals surface area contributed by atoms with Crippen molar-refractivity contribution in [3.8, 4) is 5.75 Å². The molecule has 0 spiro atoms. The summed E-state index contributed by atoms with van der Waals surface area (Å²) in [5, 5.41) is 6.69. The number of anilines is 1. The van der Waals surface area contributed by atoms with Crippen molar-refractivity contribution >= 4 is 35.6 Å². The maximum Gasteiger partial charge on any atom is 0.194 e. The van der Waals surface area contributed by atoms with Crippen molar-refractivity contribution in [2.75, 3.05) is 46.3 Å². The van der Waals surface area contributed by atoms with Gasteiger partial charge in [0.05, 0.1) is 20.3 Å². The molecule has 0 bridgehead atoms. The smallest absolute Gasteiger partial charge is 0.194 e. The monoisotopic (exact) mass is 512 g/mol. The summed E-state index contributed by atoms with van der Waals surface area (Å²) in [6.07, 6.45) is 0. The van der Waals surface area contributed by atoms with E-state index < -0.39 is 0 Å². The molecule has 0 aliphatic rings. The molecule has 6 nitrogen and oxygen atoms in total. The Bertz CT molecular complexity index is 721. The predicted molar refractivity (Wildman–Crippen MR) is 131 cm³/mol. The van der Waals surface area contributed by atoms with Gasteiger partial charge in [0.15, 0.2) is 5.96 Å². The number of nitrogens with one attached hydrogen (secondary N) is 2. The molecule has 0 heterocycles. The molecule has 0 saturated heterocycles. The second-order valence-corrected chi connectivity index (χ2v) is 6.49. The van der Waals surface area contributed by atoms with Gasteiger partial charge in [0.25, 0.3) is 0 Å². The van der Waals surface area contributed by atoms with Crippen molar-refractivity contribution in [3.63, 3.8) is 0 Å². The third kappa shape index (κ3) is 8.91. The van der Waals surface area contributed by atoms with Gasteiger partial charge >= 0.3 is 0 Å². The lowest BCUT2D eigenvalue weighted by atomic mass is 10.2. The van der Waals surface area contributed by atoms with E-state index in [0.29, 0.717) is 13.2 Å². The number of benzene rings is 2. The van der Waals surface area contributed by atoms with E-state index in [2.05, 4.69) is 65.9 Å². The third-order valence-electron chi connectivity index (χ3n) is 4.28. The molecule has 160 valence electrons. The molecule has 29 heavy (non-hydrogen) atoms. The van der Waals surface area contributed by atoms with Crippen molar-refractivity contribution < 1.29 is 9.47 Å². The SMILES string of the molecule is CCNC(=NCc1ccc(NCCOC)cc1)N(C)Cc1ccc(OC)cc1.I. The molecular weight excluding hydrogens is 479 g/mol. The molecule has 2 rings (SSSR count). The van der Waals surface area contributed by atoms with Gasteiger partial charge in [-0.05, 0) is 42.3 Å². The van der Waals surface area contributed by atoms with Gasteiger partial charge in [-0.2, -0.15) is 0 Å². The van der Waals surface area contributed by atoms with Crippen molar-refractivity contribution in [3.05, 3.63) is 59.7 Å². The highest BCUT2D eigenvalue weighted by molar-refractivity contribution is 14.0. The fraction of sp³-hybridized carbons (Fsp3) is 0.409. The number of ether oxygens (including phenoxy) is 2. The van der Waals surface area contributed by atoms with E-state index in [4.69, 9.17) is 14.5 Å². The highest BCUT2D eigenvalue weighted by atomic mass is 127. The second kappa shape index (κ2) is 14.1. The maximum atomic E-state index is 5.22. The molecule has 0 saturated carbocycles. The Labute approximate surface area is 191 Å². The highest BCUT2D eigenvalue weighted by Gasteiger charge is 2.07. The summed E-state index contributed by atoms with van der Waals surface area (Å²) in [4.78, 5) is 6.92. The van der Waals surface area contributed by atoms with Crippen LogP contribution >= 0.6 is 24.0 Å². The largest absolute Gasteiger partial charge is 0.497 e. The average Bonchev–Trinajstić information content (AvgIpc) is 2.72. The summed E-state index contributed by atoms with van der Waals surface area (Å²) in [5.74, 6) is 1.76. The minimum Gasteiger partial charge on any atom is -0.497 e. The van der Waals surface area contributed by atoms with Crippen LogP contribution in [0, 0.1) is 0 Å². The standard InChI is InChI=1S/C22H32N4O2.HI/c1-5-23-22(26(2)17-19-8-12-21(28-4)13-9-19)25-16-18-6-10-20(11-7-18)24-14-15-27-3;/h6-13,24H,5,14-17H2,1-4H3,(H,23,25);1H. The summed E-state index contributed by atoms with van der Waals surface area (Å²) in [6, 6.07) is 16.5. The molecule has 0 fully saturated rings. The summed E-state index contributed by atoms with van der Waals surface area (Å²) in [7, 11) is 5.43. The van der Waals surface area contributed by atoms with E-state index in [9.17, 15) is 0 Å². The average molecular weight is 512 g/mol. The number of halogens is 1. The number of aliphatic imine (C=N–C) groups is 1. The van der Waals surface area contributed by atoms with Crippen LogP contribution in [-0.4, -0.2) is 51.8 Å². The van der Waals surface area contributed by atoms with Gasteiger partial charge in [-0.1, -0.05) is 24.3 Å². The van der Waals surface area contributed by atoms with Crippen LogP contribution < -0.4 is 15.4 Å². The third-order valence-corrected chi connectivity index (χ3v) is 4.28. The Kier molecular flexibility index (Phi) is 12.1. The van der Waals surface area contributed by atoms with E-state index in [-0.39, 0.29) is 24.0 Å². The van der Waals surface area contributed by atoms with Crippen LogP contribution in [-0.2, 0) is 17.8 Å². The van der Waals surface area contributed by atoms with Crippen molar-refractivity contribution in [2.24, 2.45) is 4.99 Å². The Balaban J connectivity index is 0.00000420. The van der Waals surface area contributed by atoms with Gasteiger partial charge < -0.3 is 25.0 Å². The van der Waals surface area contributed by atoms with Crippen LogP contribution in [0.15, 0.2) is 53.5 Å². The summed E-state index contributed by atoms with van der Waals surface area (Å²) < 4.78 is 10.3. The highest BCUT2D eigenvalue weighted by Crippen LogP contribution is 2.13. The lowest BCUT2D eigenvalue weighted by molar-refractivity contribution is 0.211. The quantitative estimate of drug-likeness (QED) is 0.219. The first-order valence-corrected chi connectivity index (χ1v) is 9.60. The fourth-order valence-corrected chi connectivity index (χ4v) is 2.74. The molecule has 0 amide bonds. The molecule has 0 radical (unpaired) electrons. The van der Waals surface area contributed by atoms with Crippen LogP contribution in [0.5, 0.6) is 5.75 Å². The second-order valence-electron chi connectivity index (χ2n) is 6.49. The predicted octanol–water partition coefficient (Wildman–Crippen LogP) is 3.97. The maximum absolute atomic E-state index is 5.22. The van der Waals surface area contributed by atoms with Crippen molar-refractivity contribution in [1.29, 1.82) is 0 Å². The van der Waals surface area contributed by atoms with Crippen LogP contribution in [0.3, 0.4) is 0 Å². The minimum absolute atomic E-state index is 0. The zero-order valence-corrected chi connectivity index (χ0v) is 20.1. The molecular formula is C22H33IN4O2. The Hall–Kier alpha value is -2.00. The zero-order chi connectivity index (χ0) is 20.2. The number of guanidine groups is 1. The topological polar surface area (TPSA) is 58.1 Å². The Morgan fingerprint density at radius 2 is 1.66 bits per heavy atom. The lowest BCUT2D eigenvalue weighted by Gasteiger charge is -2.22. The molecule has 0 aliphatic heterocycles. The molecule has 0 atom stereocenters. The van der Waals surface area contributed by atoms with Gasteiger partial charge in [0, 0.05) is 39.5 Å². The molecule has 2 aromatic carbocycles. The fourth-order valence-electron chi connectivity index (χ4n) is 2.74. The van der Waals surface area contributed by atoms with Crippen LogP contribution in [0.4, 0.5) is 5.69 Å². The number of hydrogen-bond acceptors (Lipinski definition) is 4. The van der Waals surface area contributed by atoms with E-state index in [1.165, 1.54) is 11.1 Å². The van der Waals surface area contributed by atoms with Gasteiger partial charge in [-0.25, -0.2) is 4.99 Å². The molecule has 0 aliphatic carbocycles. The summed E-state index contributed by atoms with van der Waals surface area (Å²) >= 11 is 0. The van der Waals surface area contributed by atoms with Gasteiger partial charge in [-0.15, -0.1) is 24.0 Å². The molecule has 7 heteroatoms. The Morgan fingerprint density at radius 1 is 1.00 bits per heavy atom. The number of methoxy groups -OCH3 is 2. The van der Waals surface area contributed by atoms with Gasteiger partial charge in [-0.3, -0.25) is 0 Å². The number of hydrogen-bond donors (Lipinski definition) is 2. The minimum atomic E-state index is 0. The number of rotatable bonds is 10. The van der Waals surface area contributed by atoms with Crippen LogP contribution in [0.1, 0.15) is 18.1 Å². The molecule has 2 aromatic rings. The molecule has 2 N–H and O–H groups in total. The first-order valence-electron chi connectivity index (χ1n) is 9.60. The molecule has 0 aromatic heterocycles. The van der Waals surface area contributed by atoms with Crippen molar-refractivity contribution in [2.45, 2.75) is 20.0 Å².